The maximum atomic E-state index is 6.13. The van der Waals surface area contributed by atoms with Crippen LogP contribution in [0.2, 0.25) is 0 Å². The largest absolute Gasteiger partial charge is 0.497 e. The molecule has 2 unspecified atom stereocenters. The molecule has 10 heteroatoms. The zero-order valence-corrected chi connectivity index (χ0v) is 25.5. The molecular formula is C34H43N5O5. The van der Waals surface area contributed by atoms with Gasteiger partial charge in [0.1, 0.15) is 24.3 Å². The lowest BCUT2D eigenvalue weighted by Gasteiger charge is -2.26. The zero-order chi connectivity index (χ0) is 30.1. The van der Waals surface area contributed by atoms with Crippen molar-refractivity contribution in [2.75, 3.05) is 45.0 Å². The molecule has 0 radical (unpaired) electrons. The maximum Gasteiger partial charge on any atom is 0.157 e. The molecule has 1 aliphatic carbocycles. The van der Waals surface area contributed by atoms with Crippen LogP contribution in [-0.2, 0) is 14.2 Å². The van der Waals surface area contributed by atoms with Crippen molar-refractivity contribution < 1.29 is 23.7 Å². The summed E-state index contributed by atoms with van der Waals surface area (Å²) in [5.41, 5.74) is 11.0. The molecule has 1 saturated carbocycles. The number of benzene rings is 2. The van der Waals surface area contributed by atoms with Gasteiger partial charge in [0, 0.05) is 67.3 Å². The van der Waals surface area contributed by atoms with Crippen LogP contribution in [0.5, 0.6) is 11.5 Å². The Balaban J connectivity index is 1.22. The fourth-order valence-electron chi connectivity index (χ4n) is 5.52. The molecule has 3 fully saturated rings. The summed E-state index contributed by atoms with van der Waals surface area (Å²) in [4.78, 5) is 16.5. The highest BCUT2D eigenvalue weighted by molar-refractivity contribution is 6.09. The summed E-state index contributed by atoms with van der Waals surface area (Å²) in [7, 11) is 1.68. The van der Waals surface area contributed by atoms with Gasteiger partial charge in [-0.2, -0.15) is 0 Å². The Morgan fingerprint density at radius 2 is 1.80 bits per heavy atom. The number of nitrogens with two attached hydrogens (primary N) is 1. The van der Waals surface area contributed by atoms with E-state index in [-0.39, 0.29) is 12.5 Å². The monoisotopic (exact) mass is 601 g/mol. The summed E-state index contributed by atoms with van der Waals surface area (Å²) in [5.74, 6) is 2.10. The van der Waals surface area contributed by atoms with Gasteiger partial charge < -0.3 is 34.3 Å². The second-order valence-corrected chi connectivity index (χ2v) is 11.6. The number of hydrogen-bond donors (Lipinski definition) is 1. The molecule has 1 aromatic heterocycles. The molecule has 10 nitrogen and oxygen atoms in total. The molecule has 2 aliphatic heterocycles. The molecule has 3 heterocycles. The van der Waals surface area contributed by atoms with E-state index in [0.29, 0.717) is 30.4 Å². The zero-order valence-electron chi connectivity index (χ0n) is 25.5. The highest BCUT2D eigenvalue weighted by Crippen LogP contribution is 2.39. The van der Waals surface area contributed by atoms with Crippen molar-refractivity contribution in [3.8, 4) is 11.5 Å². The Hall–Kier alpha value is -3.73. The van der Waals surface area contributed by atoms with Crippen molar-refractivity contribution in [3.05, 3.63) is 54.5 Å². The first kappa shape index (κ1) is 30.3. The third kappa shape index (κ3) is 8.05. The van der Waals surface area contributed by atoms with Gasteiger partial charge in [-0.3, -0.25) is 9.98 Å². The predicted octanol–water partition coefficient (Wildman–Crippen LogP) is 6.01. The number of nitrogens with zero attached hydrogens (tertiary/aromatic N) is 4. The Labute approximate surface area is 259 Å². The van der Waals surface area contributed by atoms with Crippen molar-refractivity contribution >= 4 is 34.2 Å². The van der Waals surface area contributed by atoms with Crippen LogP contribution >= 0.6 is 0 Å². The van der Waals surface area contributed by atoms with Crippen molar-refractivity contribution in [1.29, 1.82) is 0 Å². The minimum atomic E-state index is -0.134. The average Bonchev–Trinajstić information content (AvgIpc) is 3.91. The second kappa shape index (κ2) is 14.8. The molecule has 0 bridgehead atoms. The standard InChI is InChI=1S/C34H43N5O5/c1-40-28-16-27(17-29(19-28)41-14-15-44-34-7-3-5-13-43-34)39(23-24-8-9-24)26-10-11-30-31(18-26)38-32(22-36-30)25(20-35)21-37-33-6-2-4-12-42-33/h10-11,16-22,24,33-34H,2-9,12-15,23,35H2,1H3. The third-order valence-electron chi connectivity index (χ3n) is 8.19. The van der Waals surface area contributed by atoms with Gasteiger partial charge in [-0.05, 0) is 75.5 Å². The number of fused-ring (bicyclic) bond motifs is 1. The number of allylic oxidation sites excluding steroid dienone is 1. The van der Waals surface area contributed by atoms with Crippen LogP contribution in [0.4, 0.5) is 11.4 Å². The van der Waals surface area contributed by atoms with Gasteiger partial charge in [0.25, 0.3) is 0 Å². The van der Waals surface area contributed by atoms with Crippen LogP contribution in [0.25, 0.3) is 16.6 Å². The fourth-order valence-corrected chi connectivity index (χ4v) is 5.52. The van der Waals surface area contributed by atoms with Crippen LogP contribution in [0.3, 0.4) is 0 Å². The van der Waals surface area contributed by atoms with Gasteiger partial charge in [-0.25, -0.2) is 4.98 Å². The van der Waals surface area contributed by atoms with Crippen molar-refractivity contribution in [2.24, 2.45) is 16.6 Å². The second-order valence-electron chi connectivity index (χ2n) is 11.6. The molecule has 3 aliphatic rings. The molecule has 2 N–H and O–H groups in total. The molecule has 0 amide bonds. The van der Waals surface area contributed by atoms with Crippen LogP contribution in [0.1, 0.15) is 57.1 Å². The lowest BCUT2D eigenvalue weighted by molar-refractivity contribution is -0.165. The first-order chi connectivity index (χ1) is 21.7. The molecular weight excluding hydrogens is 558 g/mol. The summed E-state index contributed by atoms with van der Waals surface area (Å²) in [6, 6.07) is 12.2. The Morgan fingerprint density at radius 3 is 2.55 bits per heavy atom. The summed E-state index contributed by atoms with van der Waals surface area (Å²) in [5, 5.41) is 0. The van der Waals surface area contributed by atoms with Crippen molar-refractivity contribution in [1.82, 2.24) is 9.97 Å². The summed E-state index contributed by atoms with van der Waals surface area (Å²) in [6.07, 6.45) is 13.5. The number of rotatable bonds is 13. The maximum absolute atomic E-state index is 6.13. The lowest BCUT2D eigenvalue weighted by Crippen LogP contribution is -2.24. The molecule has 234 valence electrons. The minimum Gasteiger partial charge on any atom is -0.497 e. The van der Waals surface area contributed by atoms with Crippen LogP contribution < -0.4 is 20.1 Å². The van der Waals surface area contributed by atoms with Gasteiger partial charge >= 0.3 is 0 Å². The highest BCUT2D eigenvalue weighted by atomic mass is 16.7. The number of aliphatic imine (C=N–C) groups is 1. The van der Waals surface area contributed by atoms with Crippen LogP contribution in [0.15, 0.2) is 53.8 Å². The van der Waals surface area contributed by atoms with E-state index in [1.807, 2.05) is 18.2 Å². The highest BCUT2D eigenvalue weighted by Gasteiger charge is 2.26. The summed E-state index contributed by atoms with van der Waals surface area (Å²) >= 11 is 0. The van der Waals surface area contributed by atoms with E-state index in [1.54, 1.807) is 19.5 Å². The van der Waals surface area contributed by atoms with E-state index in [2.05, 4.69) is 33.1 Å². The molecule has 0 spiro atoms. The number of hydrogen-bond acceptors (Lipinski definition) is 10. The summed E-state index contributed by atoms with van der Waals surface area (Å²) in [6.45, 7) is 3.28. The van der Waals surface area contributed by atoms with Gasteiger partial charge in [-0.15, -0.1) is 0 Å². The fraction of sp³-hybridized carbons (Fsp3) is 0.500. The SMILES string of the molecule is COc1cc(OCCOC2CCCCO2)cc(N(CC2CC2)c2ccc3ncc(C(C=NC4CCCCO4)=CN)nc3c2)c1. The quantitative estimate of drug-likeness (QED) is 0.186. The normalized spacial score (nSPS) is 21.1. The van der Waals surface area contributed by atoms with Gasteiger partial charge in [0.05, 0.1) is 36.6 Å². The van der Waals surface area contributed by atoms with Crippen LogP contribution in [0, 0.1) is 5.92 Å². The van der Waals surface area contributed by atoms with Crippen LogP contribution in [-0.4, -0.2) is 68.8 Å². The Morgan fingerprint density at radius 1 is 0.955 bits per heavy atom. The van der Waals surface area contributed by atoms with E-state index in [0.717, 1.165) is 92.2 Å². The molecule has 44 heavy (non-hydrogen) atoms. The van der Waals surface area contributed by atoms with Crippen molar-refractivity contribution in [3.63, 3.8) is 0 Å². The number of anilines is 2. The van der Waals surface area contributed by atoms with E-state index in [4.69, 9.17) is 34.4 Å². The molecule has 2 saturated heterocycles. The van der Waals surface area contributed by atoms with E-state index in [1.165, 1.54) is 19.0 Å². The Bertz CT molecular complexity index is 1450. The number of aromatic nitrogens is 2. The van der Waals surface area contributed by atoms with E-state index < -0.39 is 0 Å². The van der Waals surface area contributed by atoms with Gasteiger partial charge in [0.15, 0.2) is 6.29 Å². The van der Waals surface area contributed by atoms with Crippen molar-refractivity contribution in [2.45, 2.75) is 63.9 Å². The number of ether oxygens (including phenoxy) is 5. The Kier molecular flexibility index (Phi) is 10.2. The number of methoxy groups -OCH3 is 1. The summed E-state index contributed by atoms with van der Waals surface area (Å²) < 4.78 is 29.1. The minimum absolute atomic E-state index is 0.131. The van der Waals surface area contributed by atoms with Gasteiger partial charge in [0.2, 0.25) is 0 Å². The predicted molar refractivity (Wildman–Crippen MR) is 172 cm³/mol. The third-order valence-corrected chi connectivity index (χ3v) is 8.19. The first-order valence-corrected chi connectivity index (χ1v) is 15.8. The first-order valence-electron chi connectivity index (χ1n) is 15.8. The average molecular weight is 602 g/mol. The van der Waals surface area contributed by atoms with E-state index in [9.17, 15) is 0 Å². The molecule has 6 rings (SSSR count). The molecule has 2 aromatic carbocycles. The van der Waals surface area contributed by atoms with Gasteiger partial charge in [-0.1, -0.05) is 0 Å². The lowest BCUT2D eigenvalue weighted by atomic mass is 10.1. The molecule has 3 aromatic rings. The topological polar surface area (TPSA) is 114 Å². The van der Waals surface area contributed by atoms with E-state index >= 15 is 0 Å². The molecule has 2 atom stereocenters. The smallest absolute Gasteiger partial charge is 0.157 e.